The topological polar surface area (TPSA) is 66.6 Å². The molecule has 0 fully saturated rings. The molecular formula is C11H15FN2O3. The lowest BCUT2D eigenvalue weighted by atomic mass is 10.2. The monoisotopic (exact) mass is 242 g/mol. The molecule has 0 saturated carbocycles. The van der Waals surface area contributed by atoms with E-state index < -0.39 is 10.7 Å². The summed E-state index contributed by atoms with van der Waals surface area (Å²) in [5.74, 6) is -0.523. The number of hydrogen-bond acceptors (Lipinski definition) is 4. The Balaban J connectivity index is 3.14. The highest BCUT2D eigenvalue weighted by molar-refractivity contribution is 5.63. The van der Waals surface area contributed by atoms with E-state index in [1.807, 2.05) is 6.92 Å². The van der Waals surface area contributed by atoms with Crippen molar-refractivity contribution in [1.82, 2.24) is 0 Å². The van der Waals surface area contributed by atoms with Gasteiger partial charge in [-0.1, -0.05) is 6.92 Å². The maximum Gasteiger partial charge on any atom is 0.292 e. The zero-order chi connectivity index (χ0) is 12.8. The number of anilines is 1. The van der Waals surface area contributed by atoms with Crippen LogP contribution < -0.4 is 4.90 Å². The highest BCUT2D eigenvalue weighted by atomic mass is 19.1. The van der Waals surface area contributed by atoms with Crippen molar-refractivity contribution in [1.29, 1.82) is 0 Å². The Morgan fingerprint density at radius 1 is 1.47 bits per heavy atom. The van der Waals surface area contributed by atoms with Crippen LogP contribution in [0.15, 0.2) is 18.2 Å². The van der Waals surface area contributed by atoms with Crippen molar-refractivity contribution in [2.75, 3.05) is 24.6 Å². The average Bonchev–Trinajstić information content (AvgIpc) is 2.28. The second-order valence-corrected chi connectivity index (χ2v) is 3.60. The minimum atomic E-state index is -0.547. The van der Waals surface area contributed by atoms with Gasteiger partial charge in [-0.2, -0.15) is 0 Å². The molecule has 5 nitrogen and oxygen atoms in total. The molecule has 1 aromatic carbocycles. The molecular weight excluding hydrogens is 227 g/mol. The Bertz CT molecular complexity index is 392. The van der Waals surface area contributed by atoms with E-state index in [-0.39, 0.29) is 24.5 Å². The molecule has 0 aromatic heterocycles. The molecule has 0 aliphatic heterocycles. The van der Waals surface area contributed by atoms with E-state index in [9.17, 15) is 14.5 Å². The number of hydrogen-bond donors (Lipinski definition) is 1. The van der Waals surface area contributed by atoms with Crippen molar-refractivity contribution in [2.24, 2.45) is 0 Å². The molecule has 6 heteroatoms. The van der Waals surface area contributed by atoms with E-state index >= 15 is 0 Å². The van der Waals surface area contributed by atoms with Crippen molar-refractivity contribution in [3.63, 3.8) is 0 Å². The molecule has 1 aromatic rings. The van der Waals surface area contributed by atoms with Gasteiger partial charge in [-0.3, -0.25) is 10.1 Å². The quantitative estimate of drug-likeness (QED) is 0.611. The average molecular weight is 242 g/mol. The van der Waals surface area contributed by atoms with Crippen molar-refractivity contribution in [2.45, 2.75) is 13.3 Å². The maximum absolute atomic E-state index is 13.1. The van der Waals surface area contributed by atoms with Gasteiger partial charge in [-0.15, -0.1) is 0 Å². The van der Waals surface area contributed by atoms with Gasteiger partial charge in [-0.25, -0.2) is 4.39 Å². The summed E-state index contributed by atoms with van der Waals surface area (Å²) in [6, 6.07) is 3.33. The van der Waals surface area contributed by atoms with Gasteiger partial charge in [0.2, 0.25) is 0 Å². The minimum absolute atomic E-state index is 0.131. The maximum atomic E-state index is 13.1. The molecule has 0 bridgehead atoms. The van der Waals surface area contributed by atoms with Crippen LogP contribution in [-0.4, -0.2) is 29.7 Å². The van der Waals surface area contributed by atoms with E-state index in [0.717, 1.165) is 24.6 Å². The highest BCUT2D eigenvalue weighted by Crippen LogP contribution is 2.28. The summed E-state index contributed by atoms with van der Waals surface area (Å²) in [5.41, 5.74) is 0.0687. The van der Waals surface area contributed by atoms with Gasteiger partial charge >= 0.3 is 0 Å². The van der Waals surface area contributed by atoms with Crippen LogP contribution in [0.25, 0.3) is 0 Å². The molecule has 0 radical (unpaired) electrons. The van der Waals surface area contributed by atoms with Crippen LogP contribution in [0.1, 0.15) is 13.3 Å². The number of aliphatic hydroxyl groups is 1. The first-order valence-corrected chi connectivity index (χ1v) is 5.40. The fourth-order valence-electron chi connectivity index (χ4n) is 1.65. The van der Waals surface area contributed by atoms with Crippen LogP contribution in [0.3, 0.4) is 0 Å². The van der Waals surface area contributed by atoms with Gasteiger partial charge in [-0.05, 0) is 12.5 Å². The molecule has 1 N–H and O–H groups in total. The van der Waals surface area contributed by atoms with Crippen LogP contribution in [0.5, 0.6) is 0 Å². The molecule has 0 aliphatic carbocycles. The lowest BCUT2D eigenvalue weighted by Crippen LogP contribution is -2.28. The van der Waals surface area contributed by atoms with Gasteiger partial charge in [0.25, 0.3) is 5.69 Å². The lowest BCUT2D eigenvalue weighted by molar-refractivity contribution is -0.384. The molecule has 94 valence electrons. The Kier molecular flexibility index (Phi) is 4.84. The molecule has 1 rings (SSSR count). The predicted molar refractivity (Wildman–Crippen MR) is 62.6 cm³/mol. The zero-order valence-electron chi connectivity index (χ0n) is 9.60. The number of rotatable bonds is 6. The summed E-state index contributed by atoms with van der Waals surface area (Å²) >= 11 is 0. The summed E-state index contributed by atoms with van der Waals surface area (Å²) in [6.45, 7) is 2.56. The molecule has 0 unspecified atom stereocenters. The second kappa shape index (κ2) is 6.15. The van der Waals surface area contributed by atoms with Crippen LogP contribution in [0, 0.1) is 15.9 Å². The van der Waals surface area contributed by atoms with Gasteiger partial charge in [0.05, 0.1) is 11.5 Å². The first kappa shape index (κ1) is 13.4. The first-order valence-electron chi connectivity index (χ1n) is 5.40. The second-order valence-electron chi connectivity index (χ2n) is 3.60. The normalized spacial score (nSPS) is 10.3. The number of aliphatic hydroxyl groups excluding tert-OH is 1. The Morgan fingerprint density at radius 3 is 2.71 bits per heavy atom. The highest BCUT2D eigenvalue weighted by Gasteiger charge is 2.19. The lowest BCUT2D eigenvalue weighted by Gasteiger charge is -2.22. The number of nitro groups is 1. The van der Waals surface area contributed by atoms with Gasteiger partial charge in [0, 0.05) is 25.2 Å². The summed E-state index contributed by atoms with van der Waals surface area (Å²) in [6.07, 6.45) is 0.758. The third kappa shape index (κ3) is 3.39. The Morgan fingerprint density at radius 2 is 2.18 bits per heavy atom. The molecule has 0 heterocycles. The van der Waals surface area contributed by atoms with E-state index in [4.69, 9.17) is 5.11 Å². The van der Waals surface area contributed by atoms with Crippen molar-refractivity contribution >= 4 is 11.4 Å². The van der Waals surface area contributed by atoms with E-state index in [1.165, 1.54) is 0 Å². The van der Waals surface area contributed by atoms with E-state index in [0.29, 0.717) is 6.54 Å². The van der Waals surface area contributed by atoms with E-state index in [2.05, 4.69) is 0 Å². The fourth-order valence-corrected chi connectivity index (χ4v) is 1.65. The molecule has 17 heavy (non-hydrogen) atoms. The van der Waals surface area contributed by atoms with Crippen LogP contribution in [0.2, 0.25) is 0 Å². The predicted octanol–water partition coefficient (Wildman–Crippen LogP) is 1.94. The number of benzene rings is 1. The van der Waals surface area contributed by atoms with Crippen LogP contribution >= 0.6 is 0 Å². The molecule has 0 saturated heterocycles. The third-order valence-electron chi connectivity index (χ3n) is 2.34. The standard InChI is InChI=1S/C11H15FN2O3/c1-2-5-13(6-7-15)11-8-9(12)3-4-10(11)14(16)17/h3-4,8,15H,2,5-7H2,1H3. The van der Waals surface area contributed by atoms with E-state index in [1.54, 1.807) is 4.90 Å². The summed E-state index contributed by atoms with van der Waals surface area (Å²) in [7, 11) is 0. The summed E-state index contributed by atoms with van der Waals surface area (Å²) < 4.78 is 13.1. The van der Waals surface area contributed by atoms with Crippen molar-refractivity contribution in [3.05, 3.63) is 34.1 Å². The molecule has 0 aliphatic rings. The Labute approximate surface area is 98.6 Å². The zero-order valence-corrected chi connectivity index (χ0v) is 9.60. The third-order valence-corrected chi connectivity index (χ3v) is 2.34. The number of nitro benzene ring substituents is 1. The van der Waals surface area contributed by atoms with Crippen molar-refractivity contribution < 1.29 is 14.4 Å². The number of halogens is 1. The van der Waals surface area contributed by atoms with Crippen LogP contribution in [-0.2, 0) is 0 Å². The SMILES string of the molecule is CCCN(CCO)c1cc(F)ccc1[N+](=O)[O-]. The van der Waals surface area contributed by atoms with Gasteiger partial charge in [0.15, 0.2) is 0 Å². The van der Waals surface area contributed by atoms with Crippen LogP contribution in [0.4, 0.5) is 15.8 Å². The van der Waals surface area contributed by atoms with Gasteiger partial charge < -0.3 is 10.0 Å². The fraction of sp³-hybridized carbons (Fsp3) is 0.455. The largest absolute Gasteiger partial charge is 0.395 e. The molecule has 0 atom stereocenters. The number of nitrogens with zero attached hydrogens (tertiary/aromatic N) is 2. The van der Waals surface area contributed by atoms with Crippen molar-refractivity contribution in [3.8, 4) is 0 Å². The Hall–Kier alpha value is -1.69. The summed E-state index contributed by atoms with van der Waals surface area (Å²) in [4.78, 5) is 11.9. The first-order chi connectivity index (χ1) is 8.10. The smallest absolute Gasteiger partial charge is 0.292 e. The molecule has 0 amide bonds. The minimum Gasteiger partial charge on any atom is -0.395 e. The molecule has 0 spiro atoms. The van der Waals surface area contributed by atoms with Gasteiger partial charge in [0.1, 0.15) is 11.5 Å². The summed E-state index contributed by atoms with van der Waals surface area (Å²) in [5, 5.41) is 19.8.